The second kappa shape index (κ2) is 6.35. The Morgan fingerprint density at radius 3 is 2.63 bits per heavy atom. The highest BCUT2D eigenvalue weighted by Gasteiger charge is 2.23. The molecule has 0 aliphatic carbocycles. The molecule has 4 heteroatoms. The van der Waals surface area contributed by atoms with Gasteiger partial charge in [0, 0.05) is 44.0 Å². The smallest absolute Gasteiger partial charge is 0.129 e. The third-order valence-electron chi connectivity index (χ3n) is 4.23. The minimum Gasteiger partial charge on any atom is -0.371 e. The van der Waals surface area contributed by atoms with Gasteiger partial charge >= 0.3 is 0 Å². The Kier molecular flexibility index (Phi) is 4.77. The Morgan fingerprint density at radius 1 is 1.37 bits per heavy atom. The highest BCUT2D eigenvalue weighted by Crippen LogP contribution is 2.27. The molecule has 0 spiro atoms. The maximum absolute atomic E-state index is 13.8. The maximum Gasteiger partial charge on any atom is 0.129 e. The fraction of sp³-hybridized carbons (Fsp3) is 0.600. The molecule has 1 aromatic rings. The largest absolute Gasteiger partial charge is 0.371 e. The van der Waals surface area contributed by atoms with Gasteiger partial charge in [-0.15, -0.1) is 0 Å². The molecule has 3 nitrogen and oxygen atoms in total. The summed E-state index contributed by atoms with van der Waals surface area (Å²) in [4.78, 5) is 4.66. The van der Waals surface area contributed by atoms with Crippen LogP contribution in [0.2, 0.25) is 0 Å². The summed E-state index contributed by atoms with van der Waals surface area (Å²) in [5, 5.41) is 0. The van der Waals surface area contributed by atoms with Gasteiger partial charge in [-0.2, -0.15) is 0 Å². The minimum absolute atomic E-state index is 0.196. The molecule has 1 aliphatic heterocycles. The van der Waals surface area contributed by atoms with Crippen LogP contribution in [0.25, 0.3) is 0 Å². The van der Waals surface area contributed by atoms with Gasteiger partial charge < -0.3 is 15.5 Å². The van der Waals surface area contributed by atoms with Gasteiger partial charge in [-0.05, 0) is 31.5 Å². The van der Waals surface area contributed by atoms with E-state index in [1.807, 2.05) is 6.07 Å². The number of halogens is 1. The average molecular weight is 265 g/mol. The molecule has 2 rings (SSSR count). The van der Waals surface area contributed by atoms with E-state index in [4.69, 9.17) is 5.73 Å². The molecule has 1 heterocycles. The van der Waals surface area contributed by atoms with Crippen molar-refractivity contribution in [1.29, 1.82) is 0 Å². The Morgan fingerprint density at radius 2 is 2.05 bits per heavy atom. The van der Waals surface area contributed by atoms with E-state index in [1.165, 1.54) is 6.07 Å². The van der Waals surface area contributed by atoms with Crippen molar-refractivity contribution in [2.45, 2.75) is 32.4 Å². The van der Waals surface area contributed by atoms with E-state index in [-0.39, 0.29) is 12.4 Å². The molecule has 0 amide bonds. The number of hydrogen-bond acceptors (Lipinski definition) is 3. The predicted molar refractivity (Wildman–Crippen MR) is 77.8 cm³/mol. The van der Waals surface area contributed by atoms with E-state index in [0.717, 1.165) is 38.2 Å². The zero-order valence-corrected chi connectivity index (χ0v) is 11.9. The molecule has 19 heavy (non-hydrogen) atoms. The van der Waals surface area contributed by atoms with Gasteiger partial charge in [0.05, 0.1) is 0 Å². The first-order valence-electron chi connectivity index (χ1n) is 7.10. The summed E-state index contributed by atoms with van der Waals surface area (Å²) in [6.07, 6.45) is 2.26. The second-order valence-electron chi connectivity index (χ2n) is 5.22. The van der Waals surface area contributed by atoms with Crippen LogP contribution in [0.5, 0.6) is 0 Å². The van der Waals surface area contributed by atoms with E-state index in [0.29, 0.717) is 11.6 Å². The van der Waals surface area contributed by atoms with E-state index in [9.17, 15) is 4.39 Å². The van der Waals surface area contributed by atoms with Gasteiger partial charge in [-0.3, -0.25) is 0 Å². The highest BCUT2D eigenvalue weighted by atomic mass is 19.1. The van der Waals surface area contributed by atoms with Crippen molar-refractivity contribution in [2.24, 2.45) is 5.73 Å². The Labute approximate surface area is 115 Å². The summed E-state index contributed by atoms with van der Waals surface area (Å²) in [5.74, 6) is -0.196. The van der Waals surface area contributed by atoms with Crippen LogP contribution in [0.1, 0.15) is 25.3 Å². The summed E-state index contributed by atoms with van der Waals surface area (Å²) < 4.78 is 13.8. The molecule has 0 atom stereocenters. The lowest BCUT2D eigenvalue weighted by molar-refractivity contribution is 0.220. The zero-order valence-electron chi connectivity index (χ0n) is 11.9. The quantitative estimate of drug-likeness (QED) is 0.906. The number of rotatable bonds is 4. The normalized spacial score (nSPS) is 17.7. The van der Waals surface area contributed by atoms with Crippen molar-refractivity contribution in [3.05, 3.63) is 29.6 Å². The lowest BCUT2D eigenvalue weighted by Crippen LogP contribution is -2.43. The summed E-state index contributed by atoms with van der Waals surface area (Å²) in [7, 11) is 2.06. The summed E-state index contributed by atoms with van der Waals surface area (Å²) in [6, 6.07) is 5.70. The average Bonchev–Trinajstić information content (AvgIpc) is 2.46. The molecule has 1 aromatic carbocycles. The van der Waals surface area contributed by atoms with E-state index >= 15 is 0 Å². The summed E-state index contributed by atoms with van der Waals surface area (Å²) >= 11 is 0. The molecular weight excluding hydrogens is 241 g/mol. The molecule has 0 saturated carbocycles. The molecule has 0 unspecified atom stereocenters. The molecule has 1 saturated heterocycles. The predicted octanol–water partition coefficient (Wildman–Crippen LogP) is 2.20. The van der Waals surface area contributed by atoms with E-state index < -0.39 is 0 Å². The third-order valence-corrected chi connectivity index (χ3v) is 4.23. The first-order valence-corrected chi connectivity index (χ1v) is 7.10. The van der Waals surface area contributed by atoms with Gasteiger partial charge in [0.2, 0.25) is 0 Å². The number of anilines is 1. The van der Waals surface area contributed by atoms with Crippen molar-refractivity contribution in [1.82, 2.24) is 4.90 Å². The molecule has 0 aromatic heterocycles. The Hall–Kier alpha value is -1.13. The highest BCUT2D eigenvalue weighted by molar-refractivity contribution is 5.54. The third kappa shape index (κ3) is 3.07. The summed E-state index contributed by atoms with van der Waals surface area (Å²) in [5.41, 5.74) is 7.26. The van der Waals surface area contributed by atoms with Crippen LogP contribution in [0.3, 0.4) is 0 Å². The fourth-order valence-electron chi connectivity index (χ4n) is 2.90. The van der Waals surface area contributed by atoms with Gasteiger partial charge in [0.25, 0.3) is 0 Å². The van der Waals surface area contributed by atoms with Crippen molar-refractivity contribution in [3.8, 4) is 0 Å². The van der Waals surface area contributed by atoms with Crippen LogP contribution in [-0.4, -0.2) is 37.6 Å². The van der Waals surface area contributed by atoms with Crippen molar-refractivity contribution >= 4 is 5.69 Å². The molecule has 1 aliphatic rings. The molecule has 0 radical (unpaired) electrons. The number of benzene rings is 1. The number of nitrogens with two attached hydrogens (primary N) is 1. The van der Waals surface area contributed by atoms with Gasteiger partial charge in [0.1, 0.15) is 5.82 Å². The van der Waals surface area contributed by atoms with Gasteiger partial charge in [-0.1, -0.05) is 13.0 Å². The van der Waals surface area contributed by atoms with Crippen molar-refractivity contribution < 1.29 is 4.39 Å². The number of hydrogen-bond donors (Lipinski definition) is 1. The van der Waals surface area contributed by atoms with Gasteiger partial charge in [-0.25, -0.2) is 4.39 Å². The Balaban J connectivity index is 2.12. The standard InChI is InChI=1S/C15H24FN3/c1-3-19-9-7-12(8-10-19)18(2)15-6-4-5-14(16)13(15)11-17/h4-6,12H,3,7-11,17H2,1-2H3. The van der Waals surface area contributed by atoms with Crippen molar-refractivity contribution in [2.75, 3.05) is 31.6 Å². The molecule has 2 N–H and O–H groups in total. The molecule has 0 bridgehead atoms. The fourth-order valence-corrected chi connectivity index (χ4v) is 2.90. The van der Waals surface area contributed by atoms with Crippen molar-refractivity contribution in [3.63, 3.8) is 0 Å². The topological polar surface area (TPSA) is 32.5 Å². The van der Waals surface area contributed by atoms with Crippen LogP contribution in [0.15, 0.2) is 18.2 Å². The Bertz CT molecular complexity index is 414. The second-order valence-corrected chi connectivity index (χ2v) is 5.22. The van der Waals surface area contributed by atoms with Crippen LogP contribution in [-0.2, 0) is 6.54 Å². The summed E-state index contributed by atoms with van der Waals surface area (Å²) in [6.45, 7) is 5.81. The van der Waals surface area contributed by atoms with Gasteiger partial charge in [0.15, 0.2) is 0 Å². The maximum atomic E-state index is 13.8. The van der Waals surface area contributed by atoms with Crippen LogP contribution in [0.4, 0.5) is 10.1 Å². The zero-order chi connectivity index (χ0) is 13.8. The lowest BCUT2D eigenvalue weighted by atomic mass is 10.0. The lowest BCUT2D eigenvalue weighted by Gasteiger charge is -2.38. The number of nitrogens with zero attached hydrogens (tertiary/aromatic N) is 2. The molecule has 106 valence electrons. The first kappa shape index (κ1) is 14.3. The number of piperidine rings is 1. The van der Waals surface area contributed by atoms with Crippen LogP contribution < -0.4 is 10.6 Å². The molecular formula is C15H24FN3. The number of likely N-dealkylation sites (tertiary alicyclic amines) is 1. The van der Waals surface area contributed by atoms with Crippen LogP contribution in [0, 0.1) is 5.82 Å². The van der Waals surface area contributed by atoms with E-state index in [1.54, 1.807) is 6.07 Å². The monoisotopic (exact) mass is 265 g/mol. The van der Waals surface area contributed by atoms with E-state index in [2.05, 4.69) is 23.8 Å². The van der Waals surface area contributed by atoms with Crippen LogP contribution >= 0.6 is 0 Å². The first-order chi connectivity index (χ1) is 9.17. The molecule has 1 fully saturated rings. The SMILES string of the molecule is CCN1CCC(N(C)c2cccc(F)c2CN)CC1. The minimum atomic E-state index is -0.196.